The summed E-state index contributed by atoms with van der Waals surface area (Å²) >= 11 is 0. The van der Waals surface area contributed by atoms with E-state index < -0.39 is 5.41 Å². The minimum absolute atomic E-state index is 0.0653. The zero-order chi connectivity index (χ0) is 36.4. The Labute approximate surface area is 310 Å². The molecule has 0 heterocycles. The maximum atomic E-state index is 9.97. The predicted octanol–water partition coefficient (Wildman–Crippen LogP) is 11.2. The van der Waals surface area contributed by atoms with E-state index in [1.54, 1.807) is 0 Å². The Hall–Kier alpha value is -5.94. The molecule has 0 amide bonds. The summed E-state index contributed by atoms with van der Waals surface area (Å²) in [4.78, 5) is 0. The molecule has 0 aliphatic carbocycles. The van der Waals surface area contributed by atoms with Crippen molar-refractivity contribution in [1.29, 1.82) is 0 Å². The average Bonchev–Trinajstić information content (AvgIpc) is 3.21. The molecule has 0 radical (unpaired) electrons. The van der Waals surface area contributed by atoms with Gasteiger partial charge in [0.1, 0.15) is 24.7 Å². The fourth-order valence-corrected chi connectivity index (χ4v) is 7.38. The summed E-state index contributed by atoms with van der Waals surface area (Å²) in [5.41, 5.74) is 7.82. The van der Waals surface area contributed by atoms with Crippen molar-refractivity contribution < 1.29 is 19.7 Å². The lowest BCUT2D eigenvalue weighted by Crippen LogP contribution is -2.20. The van der Waals surface area contributed by atoms with E-state index >= 15 is 0 Å². The van der Waals surface area contributed by atoms with Crippen LogP contribution in [0, 0.1) is 0 Å². The number of rotatable bonds is 11. The van der Waals surface area contributed by atoms with Gasteiger partial charge in [-0.15, -0.1) is 0 Å². The molecule has 4 nitrogen and oxygen atoms in total. The molecule has 0 aromatic heterocycles. The van der Waals surface area contributed by atoms with Crippen LogP contribution in [0.25, 0.3) is 65.7 Å². The molecule has 262 valence electrons. The first-order chi connectivity index (χ1) is 25.9. The molecule has 8 aromatic rings. The average molecular weight is 695 g/mol. The second-order valence-electron chi connectivity index (χ2n) is 14.1. The fraction of sp³-hybridized carbons (Fsp3) is 0.143. The predicted molar refractivity (Wildman–Crippen MR) is 219 cm³/mol. The largest absolute Gasteiger partial charge is 0.491 e. The van der Waals surface area contributed by atoms with Gasteiger partial charge in [-0.05, 0) is 103 Å². The number of fused-ring (bicyclic) bond motifs is 3. The maximum Gasteiger partial charge on any atom is 0.135 e. The smallest absolute Gasteiger partial charge is 0.135 e. The van der Waals surface area contributed by atoms with Crippen LogP contribution in [0.15, 0.2) is 158 Å². The number of aliphatic hydroxyl groups excluding tert-OH is 2. The van der Waals surface area contributed by atoms with E-state index in [9.17, 15) is 10.2 Å². The maximum absolute atomic E-state index is 9.97. The monoisotopic (exact) mass is 694 g/mol. The summed E-state index contributed by atoms with van der Waals surface area (Å²) in [6.45, 7) is 4.75. The quantitative estimate of drug-likeness (QED) is 0.141. The Balaban J connectivity index is 1.34. The lowest BCUT2D eigenvalue weighted by atomic mass is 9.75. The zero-order valence-corrected chi connectivity index (χ0v) is 30.1. The van der Waals surface area contributed by atoms with E-state index in [1.807, 2.05) is 6.07 Å². The molecule has 0 aliphatic heterocycles. The lowest BCUT2D eigenvalue weighted by molar-refractivity contribution is 0.202. The second kappa shape index (κ2) is 14.6. The summed E-state index contributed by atoms with van der Waals surface area (Å²) in [7, 11) is 0. The highest BCUT2D eigenvalue weighted by molar-refractivity contribution is 5.94. The van der Waals surface area contributed by atoms with Gasteiger partial charge in [0.2, 0.25) is 0 Å². The van der Waals surface area contributed by atoms with Crippen molar-refractivity contribution in [3.63, 3.8) is 0 Å². The third-order valence-electron chi connectivity index (χ3n) is 10.4. The second-order valence-corrected chi connectivity index (χ2v) is 14.1. The van der Waals surface area contributed by atoms with E-state index in [1.165, 1.54) is 16.2 Å². The molecular weight excluding hydrogens is 653 g/mol. The van der Waals surface area contributed by atoms with Crippen molar-refractivity contribution in [3.05, 3.63) is 169 Å². The molecule has 0 saturated heterocycles. The van der Waals surface area contributed by atoms with Crippen molar-refractivity contribution in [2.45, 2.75) is 19.3 Å². The number of benzene rings is 8. The minimum atomic E-state index is -0.464. The normalized spacial score (nSPS) is 11.7. The van der Waals surface area contributed by atoms with Crippen molar-refractivity contribution in [3.8, 4) is 44.9 Å². The molecule has 53 heavy (non-hydrogen) atoms. The number of aliphatic hydroxyl groups is 2. The highest BCUT2D eigenvalue weighted by Gasteiger charge is 2.28. The van der Waals surface area contributed by atoms with Crippen LogP contribution >= 0.6 is 0 Å². The van der Waals surface area contributed by atoms with Crippen LogP contribution in [0.1, 0.15) is 25.0 Å². The summed E-state index contributed by atoms with van der Waals surface area (Å²) in [6, 6.07) is 55.7. The number of hydrogen-bond donors (Lipinski definition) is 2. The van der Waals surface area contributed by atoms with E-state index in [-0.39, 0.29) is 26.4 Å². The summed E-state index contributed by atoms with van der Waals surface area (Å²) in [5, 5.41) is 26.6. The molecule has 0 saturated carbocycles. The van der Waals surface area contributed by atoms with Crippen molar-refractivity contribution >= 4 is 32.3 Å². The van der Waals surface area contributed by atoms with Gasteiger partial charge in [-0.3, -0.25) is 0 Å². The molecule has 0 unspecified atom stereocenters. The highest BCUT2D eigenvalue weighted by Crippen LogP contribution is 2.46. The van der Waals surface area contributed by atoms with Gasteiger partial charge in [0.05, 0.1) is 13.2 Å². The van der Waals surface area contributed by atoms with Crippen molar-refractivity contribution in [2.75, 3.05) is 26.4 Å². The molecule has 8 aromatic carbocycles. The van der Waals surface area contributed by atoms with E-state index in [0.29, 0.717) is 0 Å². The number of hydrogen-bond acceptors (Lipinski definition) is 4. The van der Waals surface area contributed by atoms with Crippen LogP contribution in [-0.4, -0.2) is 36.6 Å². The van der Waals surface area contributed by atoms with Gasteiger partial charge < -0.3 is 19.7 Å². The van der Waals surface area contributed by atoms with Crippen molar-refractivity contribution in [1.82, 2.24) is 0 Å². The Morgan fingerprint density at radius 3 is 1.30 bits per heavy atom. The molecule has 0 fully saturated rings. The first-order valence-corrected chi connectivity index (χ1v) is 18.2. The first-order valence-electron chi connectivity index (χ1n) is 18.2. The van der Waals surface area contributed by atoms with Gasteiger partial charge in [0.25, 0.3) is 0 Å². The Morgan fingerprint density at radius 2 is 0.830 bits per heavy atom. The molecule has 0 spiro atoms. The Morgan fingerprint density at radius 1 is 0.415 bits per heavy atom. The standard InChI is InChI=1S/C49H42O4/c1-49(2,42-21-22-47(52-25-23-50)44(30-42)39-18-15-33-9-3-6-12-36(33)27-39)43-31-45(40-19-16-34-10-4-7-13-37(34)28-40)48(53-26-24-51)46(32-43)41-20-17-35-11-5-8-14-38(35)29-41/h3-22,27-32,50-51H,23-26H2,1-2H3. The summed E-state index contributed by atoms with van der Waals surface area (Å²) in [5.74, 6) is 1.48. The van der Waals surface area contributed by atoms with Gasteiger partial charge in [-0.25, -0.2) is 0 Å². The molecular formula is C49H42O4. The topological polar surface area (TPSA) is 58.9 Å². The van der Waals surface area contributed by atoms with Crippen LogP contribution in [-0.2, 0) is 5.41 Å². The van der Waals surface area contributed by atoms with Gasteiger partial charge in [-0.2, -0.15) is 0 Å². The molecule has 0 atom stereocenters. The van der Waals surface area contributed by atoms with Crippen LogP contribution < -0.4 is 9.47 Å². The van der Waals surface area contributed by atoms with E-state index in [2.05, 4.69) is 166 Å². The van der Waals surface area contributed by atoms with Gasteiger partial charge in [0, 0.05) is 22.1 Å². The third kappa shape index (κ3) is 6.75. The van der Waals surface area contributed by atoms with Gasteiger partial charge in [-0.1, -0.05) is 129 Å². The minimum Gasteiger partial charge on any atom is -0.491 e. The van der Waals surface area contributed by atoms with Gasteiger partial charge in [0.15, 0.2) is 0 Å². The van der Waals surface area contributed by atoms with Crippen LogP contribution in [0.2, 0.25) is 0 Å². The van der Waals surface area contributed by atoms with E-state index in [0.717, 1.165) is 72.2 Å². The molecule has 4 heteroatoms. The number of ether oxygens (including phenoxy) is 2. The lowest BCUT2D eigenvalue weighted by Gasteiger charge is -2.30. The van der Waals surface area contributed by atoms with E-state index in [4.69, 9.17) is 9.47 Å². The highest BCUT2D eigenvalue weighted by atomic mass is 16.5. The van der Waals surface area contributed by atoms with Crippen LogP contribution in [0.4, 0.5) is 0 Å². The Bertz CT molecular complexity index is 2480. The van der Waals surface area contributed by atoms with Crippen molar-refractivity contribution in [2.24, 2.45) is 0 Å². The summed E-state index contributed by atoms with van der Waals surface area (Å²) in [6.07, 6.45) is 0. The summed E-state index contributed by atoms with van der Waals surface area (Å²) < 4.78 is 12.6. The van der Waals surface area contributed by atoms with Crippen LogP contribution in [0.5, 0.6) is 11.5 Å². The molecule has 2 N–H and O–H groups in total. The first kappa shape index (κ1) is 34.2. The fourth-order valence-electron chi connectivity index (χ4n) is 7.38. The van der Waals surface area contributed by atoms with Crippen LogP contribution in [0.3, 0.4) is 0 Å². The molecule has 8 rings (SSSR count). The zero-order valence-electron chi connectivity index (χ0n) is 30.1. The van der Waals surface area contributed by atoms with Gasteiger partial charge >= 0.3 is 0 Å². The SMILES string of the molecule is CC(C)(c1ccc(OCCO)c(-c2ccc3ccccc3c2)c1)c1cc(-c2ccc3ccccc3c2)c(OCCO)c(-c2ccc3ccccc3c2)c1. The molecule has 0 bridgehead atoms. The Kier molecular flexibility index (Phi) is 9.40. The molecule has 0 aliphatic rings. The third-order valence-corrected chi connectivity index (χ3v) is 10.4.